The number of esters is 1. The van der Waals surface area contributed by atoms with Gasteiger partial charge in [-0.15, -0.1) is 0 Å². The predicted octanol–water partition coefficient (Wildman–Crippen LogP) is 3.49. The molecular weight excluding hydrogens is 380 g/mol. The molecule has 2 saturated carbocycles. The van der Waals surface area contributed by atoms with E-state index in [2.05, 4.69) is 0 Å². The Kier molecular flexibility index (Phi) is 8.05. The van der Waals surface area contributed by atoms with Crippen LogP contribution in [0.15, 0.2) is 0 Å². The molecule has 2 aliphatic carbocycles. The molecule has 0 aromatic heterocycles. The molecule has 29 heavy (non-hydrogen) atoms. The van der Waals surface area contributed by atoms with E-state index in [0.717, 1.165) is 19.3 Å². The summed E-state index contributed by atoms with van der Waals surface area (Å²) < 4.78 is 5.41. The summed E-state index contributed by atoms with van der Waals surface area (Å²) in [6, 6.07) is 0. The van der Waals surface area contributed by atoms with Crippen molar-refractivity contribution in [3.8, 4) is 0 Å². The molecule has 0 radical (unpaired) electrons. The molecule has 0 amide bonds. The van der Waals surface area contributed by atoms with Crippen molar-refractivity contribution in [2.24, 2.45) is 35.5 Å². The van der Waals surface area contributed by atoms with Crippen molar-refractivity contribution >= 4 is 17.9 Å². The first-order valence-electron chi connectivity index (χ1n) is 10.5. The van der Waals surface area contributed by atoms with E-state index in [9.17, 15) is 24.6 Å². The van der Waals surface area contributed by atoms with Gasteiger partial charge in [0.25, 0.3) is 0 Å². The number of rotatable bonds is 8. The number of hydrogen-bond acceptors (Lipinski definition) is 6. The van der Waals surface area contributed by atoms with Gasteiger partial charge in [-0.3, -0.25) is 14.4 Å². The SMILES string of the molecule is CC1CCC(COOC(C)(C)OC(=O)C2CCC(C)CC2C(=O)O)C(C(=O)O)C1. The molecule has 0 saturated heterocycles. The highest BCUT2D eigenvalue weighted by Gasteiger charge is 2.41. The molecule has 8 heteroatoms. The minimum absolute atomic E-state index is 0.101. The minimum atomic E-state index is -1.40. The Balaban J connectivity index is 1.86. The fourth-order valence-corrected chi connectivity index (χ4v) is 4.48. The Morgan fingerprint density at radius 3 is 2.00 bits per heavy atom. The molecular formula is C21H34O8. The van der Waals surface area contributed by atoms with E-state index in [4.69, 9.17) is 14.5 Å². The number of aliphatic carboxylic acids is 2. The maximum Gasteiger partial charge on any atom is 0.312 e. The molecule has 0 bridgehead atoms. The lowest BCUT2D eigenvalue weighted by atomic mass is 9.74. The van der Waals surface area contributed by atoms with Gasteiger partial charge in [-0.25, -0.2) is 4.89 Å². The van der Waals surface area contributed by atoms with E-state index in [0.29, 0.717) is 25.2 Å². The van der Waals surface area contributed by atoms with Crippen LogP contribution in [0.3, 0.4) is 0 Å². The van der Waals surface area contributed by atoms with Crippen LogP contribution in [0.25, 0.3) is 0 Å². The average molecular weight is 414 g/mol. The Hall–Kier alpha value is -1.67. The van der Waals surface area contributed by atoms with Crippen LogP contribution < -0.4 is 0 Å². The summed E-state index contributed by atoms with van der Waals surface area (Å²) in [6.45, 7) is 7.16. The summed E-state index contributed by atoms with van der Waals surface area (Å²) in [7, 11) is 0. The zero-order valence-electron chi connectivity index (χ0n) is 17.8. The number of ether oxygens (including phenoxy) is 1. The van der Waals surface area contributed by atoms with E-state index >= 15 is 0 Å². The topological polar surface area (TPSA) is 119 Å². The fourth-order valence-electron chi connectivity index (χ4n) is 4.48. The zero-order valence-corrected chi connectivity index (χ0v) is 17.8. The molecule has 0 aromatic rings. The van der Waals surface area contributed by atoms with Crippen LogP contribution in [0, 0.1) is 35.5 Å². The van der Waals surface area contributed by atoms with Crippen molar-refractivity contribution in [3.05, 3.63) is 0 Å². The van der Waals surface area contributed by atoms with Gasteiger partial charge < -0.3 is 14.9 Å². The molecule has 2 N–H and O–H groups in total. The minimum Gasteiger partial charge on any atom is -0.481 e. The second kappa shape index (κ2) is 9.89. The van der Waals surface area contributed by atoms with Crippen molar-refractivity contribution in [2.45, 2.75) is 72.0 Å². The van der Waals surface area contributed by atoms with Gasteiger partial charge in [0.2, 0.25) is 5.79 Å². The maximum atomic E-state index is 12.6. The van der Waals surface area contributed by atoms with Crippen molar-refractivity contribution in [2.75, 3.05) is 6.61 Å². The molecule has 2 aliphatic rings. The summed E-state index contributed by atoms with van der Waals surface area (Å²) in [5.41, 5.74) is 0. The van der Waals surface area contributed by atoms with Gasteiger partial charge in [0, 0.05) is 13.8 Å². The quantitative estimate of drug-likeness (QED) is 0.268. The number of carboxylic acids is 2. The van der Waals surface area contributed by atoms with Gasteiger partial charge in [-0.1, -0.05) is 20.3 Å². The van der Waals surface area contributed by atoms with E-state index in [1.54, 1.807) is 0 Å². The third kappa shape index (κ3) is 6.67. The Labute approximate surface area is 171 Å². The van der Waals surface area contributed by atoms with E-state index < -0.39 is 41.4 Å². The Morgan fingerprint density at radius 2 is 1.41 bits per heavy atom. The molecule has 0 spiro atoms. The van der Waals surface area contributed by atoms with Crippen LogP contribution >= 0.6 is 0 Å². The van der Waals surface area contributed by atoms with Gasteiger partial charge in [0.1, 0.15) is 0 Å². The second-order valence-corrected chi connectivity index (χ2v) is 9.28. The van der Waals surface area contributed by atoms with E-state index in [1.807, 2.05) is 13.8 Å². The molecule has 166 valence electrons. The van der Waals surface area contributed by atoms with Crippen molar-refractivity contribution in [3.63, 3.8) is 0 Å². The standard InChI is InChI=1S/C21H34O8/c1-12-5-7-14(16(9-12)18(22)23)11-27-29-21(3,4)28-20(26)15-8-6-13(2)10-17(15)19(24)25/h12-17H,5-11H2,1-4H3,(H,22,23)(H,24,25). The summed E-state index contributed by atoms with van der Waals surface area (Å²) in [4.78, 5) is 46.1. The Morgan fingerprint density at radius 1 is 0.862 bits per heavy atom. The van der Waals surface area contributed by atoms with Gasteiger partial charge in [0.15, 0.2) is 0 Å². The smallest absolute Gasteiger partial charge is 0.312 e. The first-order chi connectivity index (χ1) is 13.5. The van der Waals surface area contributed by atoms with Gasteiger partial charge >= 0.3 is 17.9 Å². The van der Waals surface area contributed by atoms with Gasteiger partial charge in [-0.05, 0) is 49.9 Å². The van der Waals surface area contributed by atoms with Crippen LogP contribution in [-0.2, 0) is 28.9 Å². The summed E-state index contributed by atoms with van der Waals surface area (Å²) in [5, 5.41) is 18.9. The number of carboxylic acid groups (broad SMARTS) is 2. The molecule has 2 rings (SSSR count). The molecule has 0 aromatic carbocycles. The first-order valence-corrected chi connectivity index (χ1v) is 10.5. The number of hydrogen-bond donors (Lipinski definition) is 2. The first kappa shape index (κ1) is 23.6. The number of carbonyl (C=O) groups is 3. The lowest BCUT2D eigenvalue weighted by Gasteiger charge is -2.34. The molecule has 6 unspecified atom stereocenters. The molecule has 8 nitrogen and oxygen atoms in total. The summed E-state index contributed by atoms with van der Waals surface area (Å²) in [6.07, 6.45) is 3.98. The normalized spacial score (nSPS) is 33.1. The van der Waals surface area contributed by atoms with Crippen LogP contribution in [0.2, 0.25) is 0 Å². The van der Waals surface area contributed by atoms with Crippen molar-refractivity contribution < 1.29 is 39.1 Å². The second-order valence-electron chi connectivity index (χ2n) is 9.28. The van der Waals surface area contributed by atoms with Crippen molar-refractivity contribution in [1.29, 1.82) is 0 Å². The summed E-state index contributed by atoms with van der Waals surface area (Å²) in [5.74, 6) is -5.30. The Bertz CT molecular complexity index is 601. The molecule has 0 heterocycles. The zero-order chi connectivity index (χ0) is 21.8. The average Bonchev–Trinajstić information content (AvgIpc) is 2.61. The monoisotopic (exact) mass is 414 g/mol. The van der Waals surface area contributed by atoms with Crippen LogP contribution in [0.5, 0.6) is 0 Å². The highest BCUT2D eigenvalue weighted by atomic mass is 17.2. The van der Waals surface area contributed by atoms with Gasteiger partial charge in [0.05, 0.1) is 24.4 Å². The lowest BCUT2D eigenvalue weighted by molar-refractivity contribution is -0.413. The predicted molar refractivity (Wildman–Crippen MR) is 102 cm³/mol. The third-order valence-electron chi connectivity index (χ3n) is 6.19. The number of carbonyl (C=O) groups excluding carboxylic acids is 1. The van der Waals surface area contributed by atoms with Crippen LogP contribution in [0.4, 0.5) is 0 Å². The third-order valence-corrected chi connectivity index (χ3v) is 6.19. The molecule has 2 fully saturated rings. The lowest BCUT2D eigenvalue weighted by Crippen LogP contribution is -2.41. The van der Waals surface area contributed by atoms with E-state index in [-0.39, 0.29) is 18.4 Å². The van der Waals surface area contributed by atoms with Crippen LogP contribution in [-0.4, -0.2) is 40.5 Å². The van der Waals surface area contributed by atoms with Gasteiger partial charge in [-0.2, -0.15) is 4.89 Å². The van der Waals surface area contributed by atoms with Crippen molar-refractivity contribution in [1.82, 2.24) is 0 Å². The van der Waals surface area contributed by atoms with Crippen LogP contribution in [0.1, 0.15) is 66.2 Å². The largest absolute Gasteiger partial charge is 0.481 e. The highest BCUT2D eigenvalue weighted by Crippen LogP contribution is 2.36. The molecule has 0 aliphatic heterocycles. The molecule has 6 atom stereocenters. The maximum absolute atomic E-state index is 12.6. The van der Waals surface area contributed by atoms with E-state index in [1.165, 1.54) is 13.8 Å². The highest BCUT2D eigenvalue weighted by molar-refractivity contribution is 5.81. The summed E-state index contributed by atoms with van der Waals surface area (Å²) >= 11 is 0. The fraction of sp³-hybridized carbons (Fsp3) is 0.857.